The van der Waals surface area contributed by atoms with Crippen LogP contribution < -0.4 is 15.4 Å². The Balaban J connectivity index is 1.73. The summed E-state index contributed by atoms with van der Waals surface area (Å²) in [6.07, 6.45) is 1.77. The van der Waals surface area contributed by atoms with Gasteiger partial charge in [0, 0.05) is 18.8 Å². The summed E-state index contributed by atoms with van der Waals surface area (Å²) in [5.41, 5.74) is 0.255. The molecule has 2 atom stereocenters. The minimum Gasteiger partial charge on any atom is -0.467 e. The number of alkyl halides is 2. The summed E-state index contributed by atoms with van der Waals surface area (Å²) >= 11 is 0. The van der Waals surface area contributed by atoms with E-state index < -0.39 is 42.0 Å². The molecule has 1 aliphatic rings. The maximum Gasteiger partial charge on any atom is 0.318 e. The van der Waals surface area contributed by atoms with E-state index in [1.165, 1.54) is 42.6 Å². The van der Waals surface area contributed by atoms with Gasteiger partial charge in [-0.05, 0) is 13.8 Å². The Morgan fingerprint density at radius 3 is 2.49 bits per heavy atom. The number of amides is 1. The van der Waals surface area contributed by atoms with Gasteiger partial charge in [-0.15, -0.1) is 0 Å². The molecule has 4 rings (SSSR count). The number of nitrogens with one attached hydrogen (secondary N) is 2. The van der Waals surface area contributed by atoms with Gasteiger partial charge >= 0.3 is 6.01 Å². The van der Waals surface area contributed by atoms with E-state index in [2.05, 4.69) is 25.7 Å². The first-order valence-corrected chi connectivity index (χ1v) is 11.2. The van der Waals surface area contributed by atoms with Crippen LogP contribution in [0.3, 0.4) is 0 Å². The largest absolute Gasteiger partial charge is 0.467 e. The average Bonchev–Trinajstić information content (AvgIpc) is 3.54. The highest BCUT2D eigenvalue weighted by Crippen LogP contribution is 2.38. The van der Waals surface area contributed by atoms with Crippen LogP contribution in [0.15, 0.2) is 43.1 Å². The van der Waals surface area contributed by atoms with Crippen LogP contribution >= 0.6 is 0 Å². The van der Waals surface area contributed by atoms with E-state index >= 15 is 0 Å². The number of hydrogen-bond donors (Lipinski definition) is 2. The van der Waals surface area contributed by atoms with E-state index in [0.29, 0.717) is 5.69 Å². The lowest BCUT2D eigenvalue weighted by molar-refractivity contribution is -0.117. The second kappa shape index (κ2) is 10.8. The predicted molar refractivity (Wildman–Crippen MR) is 126 cm³/mol. The normalized spacial score (nSPS) is 14.7. The topological polar surface area (TPSA) is 112 Å². The standard InChI is InChI=1S/C24H25F3N6O4/c1-12(22(34)30-14-10-28-33(3)11-14)19-17(23-36-8-9-37-23)21(32-24(31-19)35-4)29-13(2)15-6-5-7-16(18(15)25)20(26)27/h5-13,20,23H,1-4H3,(H,30,34)(H,29,31,32)/t12?,13-/m1/s1. The monoisotopic (exact) mass is 518 g/mol. The van der Waals surface area contributed by atoms with Gasteiger partial charge in [0.1, 0.15) is 24.2 Å². The van der Waals surface area contributed by atoms with Gasteiger partial charge in [0.05, 0.1) is 47.8 Å². The molecular formula is C24H25F3N6O4. The maximum absolute atomic E-state index is 14.8. The molecule has 13 heteroatoms. The SMILES string of the molecule is COc1nc(N[C@H](C)c2cccc(C(F)F)c2F)c(C2OC=CO2)c(C(C)C(=O)Nc2cnn(C)c2)n1. The van der Waals surface area contributed by atoms with Crippen molar-refractivity contribution in [2.24, 2.45) is 7.05 Å². The fourth-order valence-corrected chi connectivity index (χ4v) is 3.82. The molecule has 0 aliphatic carbocycles. The first kappa shape index (κ1) is 25.8. The number of benzene rings is 1. The Kier molecular flexibility index (Phi) is 7.50. The van der Waals surface area contributed by atoms with Crippen LogP contribution in [0.2, 0.25) is 0 Å². The number of carbonyl (C=O) groups is 1. The van der Waals surface area contributed by atoms with Gasteiger partial charge in [0.2, 0.25) is 5.91 Å². The molecule has 3 heterocycles. The second-order valence-electron chi connectivity index (χ2n) is 8.26. The Morgan fingerprint density at radius 1 is 1.16 bits per heavy atom. The van der Waals surface area contributed by atoms with Crippen molar-refractivity contribution in [3.8, 4) is 6.01 Å². The van der Waals surface area contributed by atoms with Crippen LogP contribution in [-0.2, 0) is 21.3 Å². The summed E-state index contributed by atoms with van der Waals surface area (Å²) in [4.78, 5) is 21.8. The van der Waals surface area contributed by atoms with Gasteiger partial charge in [0.15, 0.2) is 0 Å². The van der Waals surface area contributed by atoms with Crippen molar-refractivity contribution in [2.45, 2.75) is 38.5 Å². The molecule has 0 spiro atoms. The highest BCUT2D eigenvalue weighted by Gasteiger charge is 2.33. The molecule has 1 aromatic carbocycles. The molecular weight excluding hydrogens is 493 g/mol. The molecule has 0 saturated carbocycles. The van der Waals surface area contributed by atoms with Crippen LogP contribution in [0.4, 0.5) is 24.7 Å². The van der Waals surface area contributed by atoms with Gasteiger partial charge in [-0.25, -0.2) is 13.2 Å². The summed E-state index contributed by atoms with van der Waals surface area (Å²) in [6, 6.07) is 2.87. The highest BCUT2D eigenvalue weighted by molar-refractivity contribution is 5.95. The van der Waals surface area contributed by atoms with Gasteiger partial charge in [0.25, 0.3) is 12.7 Å². The fourth-order valence-electron chi connectivity index (χ4n) is 3.82. The summed E-state index contributed by atoms with van der Waals surface area (Å²) in [7, 11) is 3.06. The molecule has 10 nitrogen and oxygen atoms in total. The lowest BCUT2D eigenvalue weighted by atomic mass is 9.99. The van der Waals surface area contributed by atoms with Gasteiger partial charge in [-0.1, -0.05) is 18.2 Å². The number of aryl methyl sites for hydroxylation is 1. The lowest BCUT2D eigenvalue weighted by Crippen LogP contribution is -2.24. The van der Waals surface area contributed by atoms with Crippen LogP contribution in [-0.4, -0.2) is 32.8 Å². The zero-order chi connectivity index (χ0) is 26.7. The van der Waals surface area contributed by atoms with Crippen molar-refractivity contribution in [1.82, 2.24) is 19.7 Å². The number of ether oxygens (including phenoxy) is 3. The number of nitrogens with zero attached hydrogens (tertiary/aromatic N) is 4. The summed E-state index contributed by atoms with van der Waals surface area (Å²) in [5, 5.41) is 9.82. The summed E-state index contributed by atoms with van der Waals surface area (Å²) < 4.78 is 59.2. The number of halogens is 3. The smallest absolute Gasteiger partial charge is 0.318 e. The van der Waals surface area contributed by atoms with E-state index in [-0.39, 0.29) is 28.6 Å². The first-order valence-electron chi connectivity index (χ1n) is 11.2. The van der Waals surface area contributed by atoms with Gasteiger partial charge in [-0.2, -0.15) is 15.1 Å². The van der Waals surface area contributed by atoms with Crippen molar-refractivity contribution in [1.29, 1.82) is 0 Å². The molecule has 2 N–H and O–H groups in total. The zero-order valence-electron chi connectivity index (χ0n) is 20.4. The van der Waals surface area contributed by atoms with Crippen LogP contribution in [0.1, 0.15) is 60.9 Å². The van der Waals surface area contributed by atoms with Crippen molar-refractivity contribution in [3.05, 3.63) is 71.3 Å². The minimum atomic E-state index is -2.97. The zero-order valence-corrected chi connectivity index (χ0v) is 20.4. The third-order valence-corrected chi connectivity index (χ3v) is 5.72. The number of carbonyl (C=O) groups excluding carboxylic acids is 1. The quantitative estimate of drug-likeness (QED) is 0.418. The summed E-state index contributed by atoms with van der Waals surface area (Å²) in [6.45, 7) is 3.21. The number of methoxy groups -OCH3 is 1. The Hall–Kier alpha value is -4.29. The molecule has 1 unspecified atom stereocenters. The van der Waals surface area contributed by atoms with Crippen LogP contribution in [0.5, 0.6) is 6.01 Å². The van der Waals surface area contributed by atoms with Crippen molar-refractivity contribution < 1.29 is 32.2 Å². The molecule has 1 aliphatic heterocycles. The predicted octanol–water partition coefficient (Wildman–Crippen LogP) is 4.73. The van der Waals surface area contributed by atoms with E-state index in [1.54, 1.807) is 27.1 Å². The first-order chi connectivity index (χ1) is 17.7. The molecule has 0 fully saturated rings. The Morgan fingerprint density at radius 2 is 1.86 bits per heavy atom. The van der Waals surface area contributed by atoms with Crippen molar-refractivity contribution in [3.63, 3.8) is 0 Å². The maximum atomic E-state index is 14.8. The third kappa shape index (κ3) is 5.44. The van der Waals surface area contributed by atoms with E-state index in [0.717, 1.165) is 6.07 Å². The fraction of sp³-hybridized carbons (Fsp3) is 0.333. The third-order valence-electron chi connectivity index (χ3n) is 5.72. The number of hydrogen-bond acceptors (Lipinski definition) is 8. The molecule has 1 amide bonds. The molecule has 0 radical (unpaired) electrons. The number of rotatable bonds is 9. The molecule has 0 bridgehead atoms. The number of aromatic nitrogens is 4. The molecule has 196 valence electrons. The highest BCUT2D eigenvalue weighted by atomic mass is 19.3. The van der Waals surface area contributed by atoms with Crippen molar-refractivity contribution in [2.75, 3.05) is 17.7 Å². The molecule has 37 heavy (non-hydrogen) atoms. The van der Waals surface area contributed by atoms with E-state index in [1.807, 2.05) is 0 Å². The minimum absolute atomic E-state index is 0.00312. The van der Waals surface area contributed by atoms with E-state index in [4.69, 9.17) is 14.2 Å². The second-order valence-corrected chi connectivity index (χ2v) is 8.26. The average molecular weight is 518 g/mol. The molecule has 2 aromatic heterocycles. The van der Waals surface area contributed by atoms with Crippen molar-refractivity contribution >= 4 is 17.4 Å². The van der Waals surface area contributed by atoms with Gasteiger partial charge < -0.3 is 24.8 Å². The molecule has 3 aromatic rings. The van der Waals surface area contributed by atoms with Crippen LogP contribution in [0, 0.1) is 5.82 Å². The Labute approximate surface area is 210 Å². The summed E-state index contributed by atoms with van der Waals surface area (Å²) in [5.74, 6) is -2.17. The number of anilines is 2. The molecule has 0 saturated heterocycles. The van der Waals surface area contributed by atoms with Gasteiger partial charge in [-0.3, -0.25) is 9.48 Å². The van der Waals surface area contributed by atoms with Crippen LogP contribution in [0.25, 0.3) is 0 Å². The van der Waals surface area contributed by atoms with E-state index in [9.17, 15) is 18.0 Å². The Bertz CT molecular complexity index is 1310. The lowest BCUT2D eigenvalue weighted by Gasteiger charge is -2.24.